The standard InChI is InChI=1S/C29H24ClIN4O4S/c1-3-37-24-16-18(15-22(31)25(24)39-13-12-38-23-11-7-4-8-17(23)2)14-20-26(32)35-29(33-27(20)36)40-28(34-35)19-9-5-6-10-21(19)30/h4-11,14-16,32H,3,12-13H2,1-2H3/b20-14-,32-26?. The van der Waals surface area contributed by atoms with Crippen LogP contribution in [0.2, 0.25) is 5.02 Å². The molecule has 0 radical (unpaired) electrons. The van der Waals surface area contributed by atoms with E-state index in [1.807, 2.05) is 62.4 Å². The first kappa shape index (κ1) is 28.2. The van der Waals surface area contributed by atoms with Crippen LogP contribution in [0.3, 0.4) is 0 Å². The summed E-state index contributed by atoms with van der Waals surface area (Å²) in [5, 5.41) is 16.0. The van der Waals surface area contributed by atoms with Gasteiger partial charge in [0.2, 0.25) is 5.17 Å². The van der Waals surface area contributed by atoms with Gasteiger partial charge in [-0.3, -0.25) is 10.2 Å². The number of amidine groups is 2. The fourth-order valence-electron chi connectivity index (χ4n) is 3.99. The zero-order valence-corrected chi connectivity index (χ0v) is 25.3. The number of nitrogens with one attached hydrogen (secondary N) is 1. The number of thioether (sulfide) groups is 1. The SMILES string of the molecule is CCOc1cc(/C=C2/C(=N)N3N=C(c4ccccc4Cl)SC3=NC2=O)cc(I)c1OCCOc1ccccc1C. The zero-order valence-electron chi connectivity index (χ0n) is 21.6. The van der Waals surface area contributed by atoms with Crippen LogP contribution in [-0.4, -0.2) is 46.8 Å². The van der Waals surface area contributed by atoms with Crippen molar-refractivity contribution in [3.8, 4) is 17.2 Å². The van der Waals surface area contributed by atoms with Gasteiger partial charge < -0.3 is 14.2 Å². The molecule has 0 unspecified atom stereocenters. The van der Waals surface area contributed by atoms with E-state index in [4.69, 9.17) is 31.2 Å². The van der Waals surface area contributed by atoms with E-state index in [0.29, 0.717) is 57.7 Å². The number of aryl methyl sites for hydroxylation is 1. The van der Waals surface area contributed by atoms with E-state index < -0.39 is 5.91 Å². The summed E-state index contributed by atoms with van der Waals surface area (Å²) in [4.78, 5) is 17.1. The Hall–Kier alpha value is -3.35. The second-order valence-corrected chi connectivity index (χ2v) is 11.2. The molecule has 1 N–H and O–H groups in total. The summed E-state index contributed by atoms with van der Waals surface area (Å²) < 4.78 is 18.5. The number of hydrazone groups is 1. The molecule has 0 saturated heterocycles. The first-order valence-electron chi connectivity index (χ1n) is 12.4. The van der Waals surface area contributed by atoms with E-state index in [1.165, 1.54) is 16.8 Å². The van der Waals surface area contributed by atoms with E-state index in [0.717, 1.165) is 14.9 Å². The van der Waals surface area contributed by atoms with Crippen molar-refractivity contribution in [2.75, 3.05) is 19.8 Å². The predicted octanol–water partition coefficient (Wildman–Crippen LogP) is 6.78. The van der Waals surface area contributed by atoms with Crippen molar-refractivity contribution in [1.82, 2.24) is 5.01 Å². The van der Waals surface area contributed by atoms with Crippen molar-refractivity contribution >= 4 is 74.0 Å². The highest BCUT2D eigenvalue weighted by atomic mass is 127. The fraction of sp³-hybridized carbons (Fsp3) is 0.172. The first-order valence-corrected chi connectivity index (χ1v) is 14.7. The lowest BCUT2D eigenvalue weighted by atomic mass is 10.1. The van der Waals surface area contributed by atoms with Crippen molar-refractivity contribution in [3.63, 3.8) is 0 Å². The van der Waals surface area contributed by atoms with Crippen LogP contribution < -0.4 is 14.2 Å². The summed E-state index contributed by atoms with van der Waals surface area (Å²) in [5.74, 6) is 1.37. The average molecular weight is 687 g/mol. The van der Waals surface area contributed by atoms with Gasteiger partial charge in [0.25, 0.3) is 5.91 Å². The zero-order chi connectivity index (χ0) is 28.2. The molecule has 0 atom stereocenters. The number of carbonyl (C=O) groups is 1. The molecule has 2 aliphatic rings. The van der Waals surface area contributed by atoms with Crippen molar-refractivity contribution in [1.29, 1.82) is 5.41 Å². The summed E-state index contributed by atoms with van der Waals surface area (Å²) in [7, 11) is 0. The summed E-state index contributed by atoms with van der Waals surface area (Å²) in [6, 6.07) is 18.8. The van der Waals surface area contributed by atoms with Gasteiger partial charge in [0.1, 0.15) is 24.0 Å². The number of benzene rings is 3. The molecule has 0 saturated carbocycles. The molecule has 1 amide bonds. The van der Waals surface area contributed by atoms with Crippen LogP contribution in [0.4, 0.5) is 0 Å². The van der Waals surface area contributed by atoms with E-state index in [-0.39, 0.29) is 11.4 Å². The van der Waals surface area contributed by atoms with Gasteiger partial charge in [-0.05, 0) is 89.7 Å². The Labute approximate surface area is 254 Å². The molecule has 5 rings (SSSR count). The van der Waals surface area contributed by atoms with Crippen LogP contribution in [0.1, 0.15) is 23.6 Å². The Morgan fingerprint density at radius 3 is 2.58 bits per heavy atom. The molecule has 11 heteroatoms. The third-order valence-corrected chi connectivity index (χ3v) is 7.95. The molecule has 0 fully saturated rings. The van der Waals surface area contributed by atoms with E-state index >= 15 is 0 Å². The fourth-order valence-corrected chi connectivity index (χ4v) is 5.98. The van der Waals surface area contributed by atoms with Gasteiger partial charge in [-0.1, -0.05) is 48.0 Å². The Morgan fingerprint density at radius 1 is 1.05 bits per heavy atom. The molecule has 8 nitrogen and oxygen atoms in total. The number of hydrogen-bond donors (Lipinski definition) is 1. The van der Waals surface area contributed by atoms with Crippen molar-refractivity contribution < 1.29 is 19.0 Å². The van der Waals surface area contributed by atoms with Gasteiger partial charge in [-0.15, -0.1) is 0 Å². The number of rotatable bonds is 9. The van der Waals surface area contributed by atoms with Crippen LogP contribution in [0.5, 0.6) is 17.2 Å². The van der Waals surface area contributed by atoms with Crippen molar-refractivity contribution in [2.45, 2.75) is 13.8 Å². The topological polar surface area (TPSA) is 96.6 Å². The minimum absolute atomic E-state index is 0.0637. The number of nitrogens with zero attached hydrogens (tertiary/aromatic N) is 3. The number of fused-ring (bicyclic) bond motifs is 1. The molecule has 2 aliphatic heterocycles. The van der Waals surface area contributed by atoms with Crippen LogP contribution in [0.15, 0.2) is 76.3 Å². The Morgan fingerprint density at radius 2 is 1.80 bits per heavy atom. The highest BCUT2D eigenvalue weighted by molar-refractivity contribution is 14.1. The van der Waals surface area contributed by atoms with Crippen LogP contribution in [0.25, 0.3) is 6.08 Å². The van der Waals surface area contributed by atoms with Crippen LogP contribution >= 0.6 is 46.0 Å². The minimum atomic E-state index is -0.513. The number of para-hydroxylation sites is 1. The number of halogens is 2. The monoisotopic (exact) mass is 686 g/mol. The van der Waals surface area contributed by atoms with Crippen molar-refractivity contribution in [2.24, 2.45) is 10.1 Å². The highest BCUT2D eigenvalue weighted by Crippen LogP contribution is 2.37. The Bertz CT molecular complexity index is 1590. The normalized spacial score (nSPS) is 15.6. The van der Waals surface area contributed by atoms with Gasteiger partial charge in [0, 0.05) is 5.56 Å². The molecule has 0 spiro atoms. The molecule has 40 heavy (non-hydrogen) atoms. The molecule has 204 valence electrons. The van der Waals surface area contributed by atoms with E-state index in [9.17, 15) is 4.79 Å². The number of amides is 1. The molecular weight excluding hydrogens is 663 g/mol. The maximum absolute atomic E-state index is 13.0. The smallest absolute Gasteiger partial charge is 0.283 e. The highest BCUT2D eigenvalue weighted by Gasteiger charge is 2.36. The number of carbonyl (C=O) groups excluding carboxylic acids is 1. The lowest BCUT2D eigenvalue weighted by Gasteiger charge is -2.20. The van der Waals surface area contributed by atoms with Gasteiger partial charge in [-0.2, -0.15) is 15.1 Å². The second-order valence-electron chi connectivity index (χ2n) is 8.63. The molecule has 0 aliphatic carbocycles. The molecule has 3 aromatic rings. The summed E-state index contributed by atoms with van der Waals surface area (Å²) in [6.45, 7) is 5.01. The molecule has 2 heterocycles. The third kappa shape index (κ3) is 6.03. The minimum Gasteiger partial charge on any atom is -0.490 e. The second kappa shape index (κ2) is 12.4. The van der Waals surface area contributed by atoms with Crippen molar-refractivity contribution in [3.05, 3.63) is 91.5 Å². The van der Waals surface area contributed by atoms with Crippen LogP contribution in [0, 0.1) is 15.9 Å². The molecule has 0 aromatic heterocycles. The van der Waals surface area contributed by atoms with Crippen LogP contribution in [-0.2, 0) is 4.79 Å². The third-order valence-electron chi connectivity index (χ3n) is 5.88. The Balaban J connectivity index is 1.35. The molecule has 3 aromatic carbocycles. The molecule has 0 bridgehead atoms. The summed E-state index contributed by atoms with van der Waals surface area (Å²) in [6.07, 6.45) is 1.62. The maximum atomic E-state index is 13.0. The number of ether oxygens (including phenoxy) is 3. The predicted molar refractivity (Wildman–Crippen MR) is 168 cm³/mol. The van der Waals surface area contributed by atoms with Gasteiger partial charge in [0.05, 0.1) is 20.8 Å². The average Bonchev–Trinajstić information content (AvgIpc) is 3.35. The van der Waals surface area contributed by atoms with E-state index in [1.54, 1.807) is 18.2 Å². The first-order chi connectivity index (χ1) is 19.4. The van der Waals surface area contributed by atoms with Gasteiger partial charge >= 0.3 is 0 Å². The van der Waals surface area contributed by atoms with Gasteiger partial charge in [0.15, 0.2) is 17.3 Å². The number of aliphatic imine (C=N–C) groups is 1. The maximum Gasteiger partial charge on any atom is 0.283 e. The lowest BCUT2D eigenvalue weighted by molar-refractivity contribution is -0.114. The lowest BCUT2D eigenvalue weighted by Crippen LogP contribution is -2.35. The summed E-state index contributed by atoms with van der Waals surface area (Å²) in [5.41, 5.74) is 2.56. The molecular formula is C29H24ClIN4O4S. The number of hydrogen-bond acceptors (Lipinski definition) is 7. The quantitative estimate of drug-likeness (QED) is 0.152. The summed E-state index contributed by atoms with van der Waals surface area (Å²) >= 11 is 9.71. The largest absolute Gasteiger partial charge is 0.490 e. The van der Waals surface area contributed by atoms with E-state index in [2.05, 4.69) is 32.7 Å². The van der Waals surface area contributed by atoms with Gasteiger partial charge in [-0.25, -0.2) is 0 Å². The Kier molecular flexibility index (Phi) is 8.77.